The number of nitrogens with two attached hydrogens (primary N) is 1. The molecule has 6 rings (SSSR count). The number of anilines is 2. The van der Waals surface area contributed by atoms with Crippen LogP contribution in [0.2, 0.25) is 0 Å². The van der Waals surface area contributed by atoms with Gasteiger partial charge in [-0.25, -0.2) is 15.0 Å². The number of carbonyl (C=O) groups excluding carboxylic acids is 1. The average Bonchev–Trinajstić information content (AvgIpc) is 3.61. The number of thiazole rings is 1. The Balaban J connectivity index is 1.23. The molecular weight excluding hydrogens is 482 g/mol. The van der Waals surface area contributed by atoms with E-state index < -0.39 is 0 Å². The molecule has 1 aliphatic carbocycles. The Morgan fingerprint density at radius 2 is 1.89 bits per heavy atom. The van der Waals surface area contributed by atoms with Crippen LogP contribution in [0, 0.1) is 17.2 Å². The molecule has 186 valence electrons. The number of likely N-dealkylation sites (tertiary alicyclic amines) is 1. The molecule has 1 aliphatic heterocycles. The Morgan fingerprint density at radius 3 is 2.62 bits per heavy atom. The molecule has 1 amide bonds. The van der Waals surface area contributed by atoms with Gasteiger partial charge < -0.3 is 16.0 Å². The lowest BCUT2D eigenvalue weighted by molar-refractivity contribution is -0.125. The summed E-state index contributed by atoms with van der Waals surface area (Å²) >= 11 is 1.60. The van der Waals surface area contributed by atoms with Crippen molar-refractivity contribution in [2.75, 3.05) is 24.1 Å². The number of carbonyl (C=O) groups is 1. The largest absolute Gasteiger partial charge is 0.383 e. The van der Waals surface area contributed by atoms with Crippen molar-refractivity contribution in [3.63, 3.8) is 0 Å². The monoisotopic (exact) mass is 509 g/mol. The van der Waals surface area contributed by atoms with E-state index in [4.69, 9.17) is 16.1 Å². The molecule has 9 heteroatoms. The zero-order valence-electron chi connectivity index (χ0n) is 20.2. The average molecular weight is 510 g/mol. The highest BCUT2D eigenvalue weighted by molar-refractivity contribution is 7.21. The van der Waals surface area contributed by atoms with Crippen molar-refractivity contribution >= 4 is 44.8 Å². The van der Waals surface area contributed by atoms with Gasteiger partial charge in [-0.15, -0.1) is 11.3 Å². The summed E-state index contributed by atoms with van der Waals surface area (Å²) < 4.78 is 1.01. The van der Waals surface area contributed by atoms with E-state index in [1.165, 1.54) is 12.4 Å². The third-order valence-electron chi connectivity index (χ3n) is 7.40. The number of nitrogens with zero attached hydrogens (tertiary/aromatic N) is 4. The Labute approximate surface area is 218 Å². The summed E-state index contributed by atoms with van der Waals surface area (Å²) in [5.41, 5.74) is 9.79. The quantitative estimate of drug-likeness (QED) is 0.258. The molecule has 2 aromatic heterocycles. The first-order chi connectivity index (χ1) is 18.0. The number of amides is 1. The van der Waals surface area contributed by atoms with E-state index in [0.29, 0.717) is 23.2 Å². The first kappa shape index (κ1) is 23.3. The van der Waals surface area contributed by atoms with Crippen molar-refractivity contribution < 1.29 is 4.79 Å². The number of nitrogens with one attached hydrogen (secondary N) is 2. The molecule has 0 bridgehead atoms. The summed E-state index contributed by atoms with van der Waals surface area (Å²) in [6, 6.07) is 16.1. The molecule has 1 saturated carbocycles. The zero-order chi connectivity index (χ0) is 25.5. The SMILES string of the molecule is C=CC(=O)N1CC2CC(Nc3ncnc(N)c3C(=N)c3ccc4nc(-c5ccccc5)sc4c3)CC2C1. The van der Waals surface area contributed by atoms with E-state index in [9.17, 15) is 4.79 Å². The van der Waals surface area contributed by atoms with Gasteiger partial charge in [-0.3, -0.25) is 10.2 Å². The van der Waals surface area contributed by atoms with Gasteiger partial charge in [0.1, 0.15) is 23.0 Å². The summed E-state index contributed by atoms with van der Waals surface area (Å²) in [6.07, 6.45) is 4.71. The normalized spacial score (nSPS) is 20.6. The van der Waals surface area contributed by atoms with Gasteiger partial charge in [0.25, 0.3) is 0 Å². The van der Waals surface area contributed by atoms with Gasteiger partial charge in [0.2, 0.25) is 5.91 Å². The maximum atomic E-state index is 12.0. The van der Waals surface area contributed by atoms with Crippen LogP contribution in [0.25, 0.3) is 20.8 Å². The second-order valence-corrected chi connectivity index (χ2v) is 10.7. The van der Waals surface area contributed by atoms with E-state index in [2.05, 4.69) is 21.9 Å². The molecule has 0 radical (unpaired) electrons. The molecule has 2 aliphatic rings. The molecule has 4 N–H and O–H groups in total. The molecule has 2 unspecified atom stereocenters. The molecule has 4 aromatic rings. The van der Waals surface area contributed by atoms with Gasteiger partial charge in [0, 0.05) is 30.3 Å². The highest BCUT2D eigenvalue weighted by atomic mass is 32.1. The van der Waals surface area contributed by atoms with Crippen molar-refractivity contribution in [1.82, 2.24) is 19.9 Å². The fourth-order valence-corrected chi connectivity index (χ4v) is 6.61. The lowest BCUT2D eigenvalue weighted by Crippen LogP contribution is -2.30. The van der Waals surface area contributed by atoms with Crippen LogP contribution in [0.15, 0.2) is 67.5 Å². The topological polar surface area (TPSA) is 121 Å². The number of hydrogen-bond donors (Lipinski definition) is 3. The minimum atomic E-state index is 0.00650. The summed E-state index contributed by atoms with van der Waals surface area (Å²) in [4.78, 5) is 27.3. The second-order valence-electron chi connectivity index (χ2n) is 9.71. The summed E-state index contributed by atoms with van der Waals surface area (Å²) in [5.74, 6) is 1.77. The minimum absolute atomic E-state index is 0.00650. The predicted octanol–water partition coefficient (Wildman–Crippen LogP) is 4.59. The predicted molar refractivity (Wildman–Crippen MR) is 148 cm³/mol. The lowest BCUT2D eigenvalue weighted by Gasteiger charge is -2.20. The molecule has 2 atom stereocenters. The van der Waals surface area contributed by atoms with Crippen LogP contribution in [0.4, 0.5) is 11.6 Å². The fourth-order valence-electron chi connectivity index (χ4n) is 5.60. The van der Waals surface area contributed by atoms with Gasteiger partial charge in [-0.2, -0.15) is 0 Å². The molecular formula is C28H27N7OS. The van der Waals surface area contributed by atoms with E-state index in [-0.39, 0.29) is 23.5 Å². The number of benzene rings is 2. The first-order valence-electron chi connectivity index (χ1n) is 12.3. The third kappa shape index (κ3) is 4.35. The summed E-state index contributed by atoms with van der Waals surface area (Å²) in [5, 5.41) is 13.5. The van der Waals surface area contributed by atoms with E-state index in [0.717, 1.165) is 52.3 Å². The van der Waals surface area contributed by atoms with Gasteiger partial charge >= 0.3 is 0 Å². The van der Waals surface area contributed by atoms with Crippen LogP contribution >= 0.6 is 11.3 Å². The molecule has 3 heterocycles. The fraction of sp³-hybridized carbons (Fsp3) is 0.250. The summed E-state index contributed by atoms with van der Waals surface area (Å²) in [6.45, 7) is 5.14. The molecule has 37 heavy (non-hydrogen) atoms. The van der Waals surface area contributed by atoms with Crippen LogP contribution in [0.1, 0.15) is 24.0 Å². The molecule has 1 saturated heterocycles. The third-order valence-corrected chi connectivity index (χ3v) is 8.47. The van der Waals surface area contributed by atoms with E-state index >= 15 is 0 Å². The second kappa shape index (κ2) is 9.40. The maximum absolute atomic E-state index is 12.0. The lowest BCUT2D eigenvalue weighted by atomic mass is 10.0. The van der Waals surface area contributed by atoms with Gasteiger partial charge in [-0.1, -0.05) is 43.0 Å². The van der Waals surface area contributed by atoms with Crippen molar-refractivity contribution in [1.29, 1.82) is 5.41 Å². The highest BCUT2D eigenvalue weighted by Gasteiger charge is 2.42. The van der Waals surface area contributed by atoms with Crippen LogP contribution < -0.4 is 11.1 Å². The van der Waals surface area contributed by atoms with E-state index in [1.807, 2.05) is 53.4 Å². The zero-order valence-corrected chi connectivity index (χ0v) is 21.0. The number of nitrogen functional groups attached to an aromatic ring is 1. The van der Waals surface area contributed by atoms with Gasteiger partial charge in [0.05, 0.1) is 21.5 Å². The molecule has 8 nitrogen and oxygen atoms in total. The number of hydrogen-bond acceptors (Lipinski definition) is 8. The van der Waals surface area contributed by atoms with Gasteiger partial charge in [0.15, 0.2) is 0 Å². The van der Waals surface area contributed by atoms with Crippen molar-refractivity contribution in [2.24, 2.45) is 11.8 Å². The highest BCUT2D eigenvalue weighted by Crippen LogP contribution is 2.40. The van der Waals surface area contributed by atoms with Crippen LogP contribution in [-0.4, -0.2) is 50.6 Å². The smallest absolute Gasteiger partial charge is 0.245 e. The number of aromatic nitrogens is 3. The standard InChI is InChI=1S/C28H27N7OS/c1-2-23(36)35-13-18-10-20(11-19(18)14-35)33-27-24(26(30)31-15-32-27)25(29)17-8-9-21-22(12-17)37-28(34-21)16-6-4-3-5-7-16/h2-9,12,15,18-20,29H,1,10-11,13-14H2,(H3,30,31,32,33). The number of rotatable bonds is 6. The molecule has 0 spiro atoms. The number of fused-ring (bicyclic) bond motifs is 2. The minimum Gasteiger partial charge on any atom is -0.383 e. The Hall–Kier alpha value is -4.11. The van der Waals surface area contributed by atoms with Crippen LogP contribution in [0.5, 0.6) is 0 Å². The van der Waals surface area contributed by atoms with Gasteiger partial charge in [-0.05, 0) is 42.9 Å². The first-order valence-corrected chi connectivity index (χ1v) is 13.2. The van der Waals surface area contributed by atoms with Crippen LogP contribution in [0.3, 0.4) is 0 Å². The van der Waals surface area contributed by atoms with Crippen molar-refractivity contribution in [3.8, 4) is 10.6 Å². The van der Waals surface area contributed by atoms with Crippen molar-refractivity contribution in [2.45, 2.75) is 18.9 Å². The summed E-state index contributed by atoms with van der Waals surface area (Å²) in [7, 11) is 0. The van der Waals surface area contributed by atoms with Crippen molar-refractivity contribution in [3.05, 3.63) is 78.6 Å². The Morgan fingerprint density at radius 1 is 1.14 bits per heavy atom. The van der Waals surface area contributed by atoms with Crippen LogP contribution in [-0.2, 0) is 4.79 Å². The Kier molecular flexibility index (Phi) is 5.92. The molecule has 2 aromatic carbocycles. The Bertz CT molecular complexity index is 1500. The van der Waals surface area contributed by atoms with E-state index in [1.54, 1.807) is 11.3 Å². The molecule has 2 fully saturated rings. The maximum Gasteiger partial charge on any atom is 0.245 e.